The predicted octanol–water partition coefficient (Wildman–Crippen LogP) is 3.58. The lowest BCUT2D eigenvalue weighted by atomic mass is 10.2. The summed E-state index contributed by atoms with van der Waals surface area (Å²) < 4.78 is 0.877. The first-order chi connectivity index (χ1) is 9.31. The van der Waals surface area contributed by atoms with Crippen LogP contribution >= 0.6 is 15.9 Å². The fraction of sp³-hybridized carbons (Fsp3) is 0.286. The Kier molecular flexibility index (Phi) is 3.64. The van der Waals surface area contributed by atoms with Crippen LogP contribution in [-0.4, -0.2) is 23.1 Å². The zero-order valence-electron chi connectivity index (χ0n) is 10.5. The molecular formula is C14H15BrN4. The Labute approximate surface area is 121 Å². The first-order valence-corrected chi connectivity index (χ1v) is 7.20. The van der Waals surface area contributed by atoms with Crippen LogP contribution in [0.2, 0.25) is 0 Å². The summed E-state index contributed by atoms with van der Waals surface area (Å²) in [6.45, 7) is 2.34. The molecule has 2 heterocycles. The lowest BCUT2D eigenvalue weighted by Gasteiger charge is -2.17. The van der Waals surface area contributed by atoms with Crippen LogP contribution in [0.4, 0.5) is 17.3 Å². The molecule has 1 aromatic heterocycles. The molecule has 0 saturated carbocycles. The van der Waals surface area contributed by atoms with Crippen LogP contribution in [-0.2, 0) is 0 Å². The molecule has 0 unspecified atom stereocenters. The Morgan fingerprint density at radius 2 is 1.63 bits per heavy atom. The second-order valence-corrected chi connectivity index (χ2v) is 5.51. The first-order valence-electron chi connectivity index (χ1n) is 6.41. The van der Waals surface area contributed by atoms with E-state index in [0.717, 1.165) is 10.2 Å². The summed E-state index contributed by atoms with van der Waals surface area (Å²) in [6, 6.07) is 8.43. The number of rotatable bonds is 3. The molecule has 1 aliphatic rings. The van der Waals surface area contributed by atoms with E-state index in [2.05, 4.69) is 60.4 Å². The fourth-order valence-electron chi connectivity index (χ4n) is 2.24. The van der Waals surface area contributed by atoms with Crippen molar-refractivity contribution in [3.8, 4) is 0 Å². The van der Waals surface area contributed by atoms with Gasteiger partial charge in [0.25, 0.3) is 0 Å². The summed E-state index contributed by atoms with van der Waals surface area (Å²) in [5.74, 6) is 0.608. The number of hydrogen-bond acceptors (Lipinski definition) is 4. The standard InChI is InChI=1S/C14H15BrN4/c15-11-9-16-14(17-10-11)18-12-3-5-13(6-4-12)19-7-1-2-8-19/h3-6,9-10H,1-2,7-8H2,(H,16,17,18). The van der Waals surface area contributed by atoms with E-state index in [4.69, 9.17) is 0 Å². The topological polar surface area (TPSA) is 41.1 Å². The summed E-state index contributed by atoms with van der Waals surface area (Å²) in [4.78, 5) is 10.8. The van der Waals surface area contributed by atoms with Gasteiger partial charge in [0, 0.05) is 36.9 Å². The number of aromatic nitrogens is 2. The van der Waals surface area contributed by atoms with Crippen molar-refractivity contribution in [2.75, 3.05) is 23.3 Å². The van der Waals surface area contributed by atoms with Gasteiger partial charge in [-0.25, -0.2) is 9.97 Å². The van der Waals surface area contributed by atoms with Gasteiger partial charge in [0.1, 0.15) is 0 Å². The molecule has 98 valence electrons. The van der Waals surface area contributed by atoms with E-state index in [-0.39, 0.29) is 0 Å². The molecule has 1 aliphatic heterocycles. The van der Waals surface area contributed by atoms with Crippen LogP contribution in [0, 0.1) is 0 Å². The highest BCUT2D eigenvalue weighted by molar-refractivity contribution is 9.10. The summed E-state index contributed by atoms with van der Waals surface area (Å²) in [7, 11) is 0. The third-order valence-corrected chi connectivity index (χ3v) is 3.62. The SMILES string of the molecule is Brc1cnc(Nc2ccc(N3CCCC3)cc2)nc1. The molecule has 1 saturated heterocycles. The average Bonchev–Trinajstić information content (AvgIpc) is 2.96. The Balaban J connectivity index is 1.70. The lowest BCUT2D eigenvalue weighted by molar-refractivity contribution is 0.949. The van der Waals surface area contributed by atoms with Crippen LogP contribution in [0.1, 0.15) is 12.8 Å². The quantitative estimate of drug-likeness (QED) is 0.939. The molecule has 4 nitrogen and oxygen atoms in total. The van der Waals surface area contributed by atoms with Gasteiger partial charge in [-0.15, -0.1) is 0 Å². The molecule has 0 atom stereocenters. The van der Waals surface area contributed by atoms with Crippen LogP contribution in [0.5, 0.6) is 0 Å². The number of nitrogens with zero attached hydrogens (tertiary/aromatic N) is 3. The van der Waals surface area contributed by atoms with Crippen molar-refractivity contribution in [2.24, 2.45) is 0 Å². The fourth-order valence-corrected chi connectivity index (χ4v) is 2.44. The van der Waals surface area contributed by atoms with E-state index in [1.165, 1.54) is 31.6 Å². The van der Waals surface area contributed by atoms with Crippen LogP contribution < -0.4 is 10.2 Å². The van der Waals surface area contributed by atoms with Crippen LogP contribution in [0.25, 0.3) is 0 Å². The Morgan fingerprint density at radius 3 is 2.26 bits per heavy atom. The van der Waals surface area contributed by atoms with Crippen LogP contribution in [0.15, 0.2) is 41.1 Å². The molecule has 0 bridgehead atoms. The maximum atomic E-state index is 4.19. The number of hydrogen-bond donors (Lipinski definition) is 1. The highest BCUT2D eigenvalue weighted by Crippen LogP contribution is 2.23. The molecule has 0 aliphatic carbocycles. The summed E-state index contributed by atoms with van der Waals surface area (Å²) in [5, 5.41) is 3.19. The number of nitrogens with one attached hydrogen (secondary N) is 1. The Bertz CT molecular complexity index is 532. The van der Waals surface area contributed by atoms with Crippen molar-refractivity contribution in [3.05, 3.63) is 41.1 Å². The van der Waals surface area contributed by atoms with Gasteiger partial charge in [-0.2, -0.15) is 0 Å². The smallest absolute Gasteiger partial charge is 0.227 e. The minimum absolute atomic E-state index is 0.608. The molecule has 0 spiro atoms. The lowest BCUT2D eigenvalue weighted by Crippen LogP contribution is -2.17. The largest absolute Gasteiger partial charge is 0.372 e. The molecule has 2 aromatic rings. The highest BCUT2D eigenvalue weighted by Gasteiger charge is 2.11. The summed E-state index contributed by atoms with van der Waals surface area (Å²) in [6.07, 6.45) is 6.06. The van der Waals surface area contributed by atoms with Crippen molar-refractivity contribution in [3.63, 3.8) is 0 Å². The number of benzene rings is 1. The number of halogens is 1. The van der Waals surface area contributed by atoms with Gasteiger partial charge in [-0.05, 0) is 53.0 Å². The van der Waals surface area contributed by atoms with Gasteiger partial charge >= 0.3 is 0 Å². The van der Waals surface area contributed by atoms with Crippen molar-refractivity contribution in [1.82, 2.24) is 9.97 Å². The van der Waals surface area contributed by atoms with Crippen molar-refractivity contribution in [2.45, 2.75) is 12.8 Å². The summed E-state index contributed by atoms with van der Waals surface area (Å²) in [5.41, 5.74) is 2.30. The molecule has 0 amide bonds. The minimum atomic E-state index is 0.608. The van der Waals surface area contributed by atoms with Crippen LogP contribution in [0.3, 0.4) is 0 Å². The van der Waals surface area contributed by atoms with Gasteiger partial charge in [0.15, 0.2) is 0 Å². The normalized spacial score (nSPS) is 14.7. The second-order valence-electron chi connectivity index (χ2n) is 4.59. The molecule has 3 rings (SSSR count). The minimum Gasteiger partial charge on any atom is -0.372 e. The zero-order valence-corrected chi connectivity index (χ0v) is 12.1. The molecule has 19 heavy (non-hydrogen) atoms. The highest BCUT2D eigenvalue weighted by atomic mass is 79.9. The maximum absolute atomic E-state index is 4.19. The summed E-state index contributed by atoms with van der Waals surface area (Å²) >= 11 is 3.32. The van der Waals surface area contributed by atoms with Gasteiger partial charge in [0.2, 0.25) is 5.95 Å². The van der Waals surface area contributed by atoms with Crippen molar-refractivity contribution >= 4 is 33.3 Å². The van der Waals surface area contributed by atoms with E-state index in [1.54, 1.807) is 12.4 Å². The number of anilines is 3. The van der Waals surface area contributed by atoms with Gasteiger partial charge in [0.05, 0.1) is 4.47 Å². The van der Waals surface area contributed by atoms with Gasteiger partial charge in [-0.3, -0.25) is 0 Å². The first kappa shape index (κ1) is 12.4. The molecule has 1 N–H and O–H groups in total. The molecular weight excluding hydrogens is 304 g/mol. The molecule has 5 heteroatoms. The Hall–Kier alpha value is -1.62. The van der Waals surface area contributed by atoms with E-state index >= 15 is 0 Å². The average molecular weight is 319 g/mol. The third-order valence-electron chi connectivity index (χ3n) is 3.21. The second kappa shape index (κ2) is 5.57. The van der Waals surface area contributed by atoms with E-state index in [1.807, 2.05) is 0 Å². The molecule has 1 fully saturated rings. The maximum Gasteiger partial charge on any atom is 0.227 e. The zero-order chi connectivity index (χ0) is 13.1. The molecule has 1 aromatic carbocycles. The van der Waals surface area contributed by atoms with E-state index < -0.39 is 0 Å². The van der Waals surface area contributed by atoms with Gasteiger partial charge in [-0.1, -0.05) is 0 Å². The molecule has 0 radical (unpaired) electrons. The van der Waals surface area contributed by atoms with E-state index in [0.29, 0.717) is 5.95 Å². The van der Waals surface area contributed by atoms with E-state index in [9.17, 15) is 0 Å². The third kappa shape index (κ3) is 3.04. The predicted molar refractivity (Wildman–Crippen MR) is 80.9 cm³/mol. The van der Waals surface area contributed by atoms with Crippen molar-refractivity contribution < 1.29 is 0 Å². The van der Waals surface area contributed by atoms with Gasteiger partial charge < -0.3 is 10.2 Å². The monoisotopic (exact) mass is 318 g/mol. The Morgan fingerprint density at radius 1 is 1.00 bits per heavy atom. The van der Waals surface area contributed by atoms with Crippen molar-refractivity contribution in [1.29, 1.82) is 0 Å².